The van der Waals surface area contributed by atoms with Gasteiger partial charge in [-0.25, -0.2) is 9.97 Å². The van der Waals surface area contributed by atoms with Crippen LogP contribution in [-0.2, 0) is 0 Å². The fourth-order valence-electron chi connectivity index (χ4n) is 3.19. The molecular weight excluding hydrogens is 364 g/mol. The van der Waals surface area contributed by atoms with E-state index in [1.54, 1.807) is 26.5 Å². The average Bonchev–Trinajstić information content (AvgIpc) is 3.15. The molecule has 0 fully saturated rings. The number of aromatic nitrogens is 3. The molecule has 6 nitrogen and oxygen atoms in total. The van der Waals surface area contributed by atoms with Gasteiger partial charge >= 0.3 is 0 Å². The molecule has 0 aliphatic heterocycles. The molecule has 0 unspecified atom stereocenters. The minimum absolute atomic E-state index is 0.511. The highest BCUT2D eigenvalue weighted by molar-refractivity contribution is 5.82. The van der Waals surface area contributed by atoms with Gasteiger partial charge in [-0.2, -0.15) is 5.26 Å². The van der Waals surface area contributed by atoms with Crippen LogP contribution in [0.25, 0.3) is 29.0 Å². The van der Waals surface area contributed by atoms with E-state index in [4.69, 9.17) is 19.7 Å². The maximum Gasteiger partial charge on any atom is 0.167 e. The number of ether oxygens (including phenoxy) is 2. The lowest BCUT2D eigenvalue weighted by Crippen LogP contribution is -2.00. The smallest absolute Gasteiger partial charge is 0.167 e. The van der Waals surface area contributed by atoms with Crippen LogP contribution in [-0.4, -0.2) is 28.8 Å². The van der Waals surface area contributed by atoms with E-state index in [0.717, 1.165) is 16.6 Å². The van der Waals surface area contributed by atoms with Crippen LogP contribution in [0.4, 0.5) is 0 Å². The van der Waals surface area contributed by atoms with E-state index in [0.29, 0.717) is 28.7 Å². The van der Waals surface area contributed by atoms with Crippen LogP contribution in [0.1, 0.15) is 17.0 Å². The SMILES string of the molecule is COc1cccc(/C=C/c2nc3ccccc3n2-c2ccc(C#N)cn2)c1OC. The molecule has 6 heteroatoms. The van der Waals surface area contributed by atoms with E-state index in [1.165, 1.54) is 0 Å². The molecule has 0 aliphatic carbocycles. The molecule has 2 aromatic heterocycles. The predicted octanol–water partition coefficient (Wildman–Crippen LogP) is 4.48. The van der Waals surface area contributed by atoms with Crippen LogP contribution in [0.2, 0.25) is 0 Å². The lowest BCUT2D eigenvalue weighted by atomic mass is 10.1. The van der Waals surface area contributed by atoms with E-state index in [-0.39, 0.29) is 0 Å². The van der Waals surface area contributed by atoms with Gasteiger partial charge in [-0.3, -0.25) is 4.57 Å². The van der Waals surface area contributed by atoms with Crippen LogP contribution >= 0.6 is 0 Å². The molecule has 0 amide bonds. The molecule has 0 radical (unpaired) electrons. The molecule has 29 heavy (non-hydrogen) atoms. The lowest BCUT2D eigenvalue weighted by molar-refractivity contribution is 0.354. The van der Waals surface area contributed by atoms with Crippen molar-refractivity contribution in [2.45, 2.75) is 0 Å². The Morgan fingerprint density at radius 1 is 0.966 bits per heavy atom. The Bertz CT molecular complexity index is 1230. The van der Waals surface area contributed by atoms with Gasteiger partial charge in [0.25, 0.3) is 0 Å². The standard InChI is InChI=1S/C23H18N4O2/c1-28-20-9-5-6-17(23(20)29-2)11-13-22-26-18-7-3-4-8-19(18)27(22)21-12-10-16(14-24)15-25-21/h3-13,15H,1-2H3/b13-11+. The van der Waals surface area contributed by atoms with Gasteiger partial charge in [-0.15, -0.1) is 0 Å². The number of nitriles is 1. The van der Waals surface area contributed by atoms with Crippen molar-refractivity contribution in [3.05, 3.63) is 77.7 Å². The van der Waals surface area contributed by atoms with Crippen molar-refractivity contribution in [3.8, 4) is 23.4 Å². The fraction of sp³-hybridized carbons (Fsp3) is 0.0870. The lowest BCUT2D eigenvalue weighted by Gasteiger charge is -2.10. The van der Waals surface area contributed by atoms with Gasteiger partial charge < -0.3 is 9.47 Å². The van der Waals surface area contributed by atoms with E-state index in [9.17, 15) is 0 Å². The third kappa shape index (κ3) is 3.42. The van der Waals surface area contributed by atoms with E-state index < -0.39 is 0 Å². The van der Waals surface area contributed by atoms with Crippen molar-refractivity contribution < 1.29 is 9.47 Å². The first-order valence-corrected chi connectivity index (χ1v) is 8.98. The molecule has 2 aromatic carbocycles. The van der Waals surface area contributed by atoms with Gasteiger partial charge in [0.05, 0.1) is 30.8 Å². The van der Waals surface area contributed by atoms with Gasteiger partial charge in [0, 0.05) is 11.8 Å². The first-order valence-electron chi connectivity index (χ1n) is 8.98. The number of hydrogen-bond donors (Lipinski definition) is 0. The Morgan fingerprint density at radius 3 is 2.55 bits per heavy atom. The molecule has 0 N–H and O–H groups in total. The average molecular weight is 382 g/mol. The summed E-state index contributed by atoms with van der Waals surface area (Å²) in [5.41, 5.74) is 3.17. The van der Waals surface area contributed by atoms with Crippen molar-refractivity contribution >= 4 is 23.2 Å². The zero-order valence-electron chi connectivity index (χ0n) is 16.0. The number of rotatable bonds is 5. The van der Waals surface area contributed by atoms with Gasteiger partial charge in [0.1, 0.15) is 17.7 Å². The quantitative estimate of drug-likeness (QED) is 0.509. The summed E-state index contributed by atoms with van der Waals surface area (Å²) in [5, 5.41) is 9.05. The van der Waals surface area contributed by atoms with Crippen molar-refractivity contribution in [1.82, 2.24) is 14.5 Å². The second-order valence-electron chi connectivity index (χ2n) is 6.23. The number of hydrogen-bond acceptors (Lipinski definition) is 5. The molecule has 0 aliphatic rings. The molecular formula is C23H18N4O2. The van der Waals surface area contributed by atoms with E-state index >= 15 is 0 Å². The summed E-state index contributed by atoms with van der Waals surface area (Å²) in [6.45, 7) is 0. The molecule has 4 rings (SSSR count). The largest absolute Gasteiger partial charge is 0.493 e. The van der Waals surface area contributed by atoms with Crippen LogP contribution in [0.5, 0.6) is 11.5 Å². The highest BCUT2D eigenvalue weighted by Crippen LogP contribution is 2.32. The van der Waals surface area contributed by atoms with Crippen molar-refractivity contribution in [2.75, 3.05) is 14.2 Å². The van der Waals surface area contributed by atoms with E-state index in [1.807, 2.05) is 65.3 Å². The topological polar surface area (TPSA) is 73.0 Å². The first kappa shape index (κ1) is 18.3. The molecule has 0 saturated heterocycles. The Morgan fingerprint density at radius 2 is 1.83 bits per heavy atom. The van der Waals surface area contributed by atoms with Crippen molar-refractivity contribution in [3.63, 3.8) is 0 Å². The predicted molar refractivity (Wildman–Crippen MR) is 112 cm³/mol. The second-order valence-corrected chi connectivity index (χ2v) is 6.23. The van der Waals surface area contributed by atoms with Gasteiger partial charge in [0.15, 0.2) is 11.5 Å². The monoisotopic (exact) mass is 382 g/mol. The third-order valence-electron chi connectivity index (χ3n) is 4.54. The Balaban J connectivity index is 1.84. The Labute approximate surface area is 168 Å². The summed E-state index contributed by atoms with van der Waals surface area (Å²) in [7, 11) is 3.23. The molecule has 0 atom stereocenters. The highest BCUT2D eigenvalue weighted by Gasteiger charge is 2.12. The van der Waals surface area contributed by atoms with Gasteiger partial charge in [-0.1, -0.05) is 24.3 Å². The molecule has 2 heterocycles. The van der Waals surface area contributed by atoms with Crippen LogP contribution < -0.4 is 9.47 Å². The molecule has 0 saturated carbocycles. The Hall–Kier alpha value is -4.11. The second kappa shape index (κ2) is 7.87. The first-order chi connectivity index (χ1) is 14.2. The normalized spacial score (nSPS) is 10.9. The third-order valence-corrected chi connectivity index (χ3v) is 4.54. The maximum atomic E-state index is 9.05. The zero-order chi connectivity index (χ0) is 20.2. The minimum Gasteiger partial charge on any atom is -0.493 e. The summed E-state index contributed by atoms with van der Waals surface area (Å²) in [5.74, 6) is 2.73. The maximum absolute atomic E-state index is 9.05. The molecule has 4 aromatic rings. The molecule has 0 spiro atoms. The summed E-state index contributed by atoms with van der Waals surface area (Å²) in [6.07, 6.45) is 5.41. The summed E-state index contributed by atoms with van der Waals surface area (Å²) in [4.78, 5) is 9.18. The molecule has 0 bridgehead atoms. The number of nitrogens with zero attached hydrogens (tertiary/aromatic N) is 4. The number of imidazole rings is 1. The highest BCUT2D eigenvalue weighted by atomic mass is 16.5. The number of pyridine rings is 1. The van der Waals surface area contributed by atoms with E-state index in [2.05, 4.69) is 11.1 Å². The number of benzene rings is 2. The van der Waals surface area contributed by atoms with Crippen LogP contribution in [0.15, 0.2) is 60.8 Å². The van der Waals surface area contributed by atoms with Crippen molar-refractivity contribution in [2.24, 2.45) is 0 Å². The molecule has 142 valence electrons. The Kier molecular flexibility index (Phi) is 4.95. The van der Waals surface area contributed by atoms with Gasteiger partial charge in [0.2, 0.25) is 0 Å². The van der Waals surface area contributed by atoms with Crippen LogP contribution in [0.3, 0.4) is 0 Å². The summed E-state index contributed by atoms with van der Waals surface area (Å²) in [6, 6.07) is 19.2. The van der Waals surface area contributed by atoms with Crippen molar-refractivity contribution in [1.29, 1.82) is 5.26 Å². The van der Waals surface area contributed by atoms with Crippen LogP contribution in [0, 0.1) is 11.3 Å². The summed E-state index contributed by atoms with van der Waals surface area (Å²) >= 11 is 0. The zero-order valence-corrected chi connectivity index (χ0v) is 16.0. The number of para-hydroxylation sites is 3. The van der Waals surface area contributed by atoms with Gasteiger partial charge in [-0.05, 0) is 42.5 Å². The number of methoxy groups -OCH3 is 2. The fourth-order valence-corrected chi connectivity index (χ4v) is 3.19. The number of fused-ring (bicyclic) bond motifs is 1. The minimum atomic E-state index is 0.511. The summed E-state index contributed by atoms with van der Waals surface area (Å²) < 4.78 is 12.8.